The summed E-state index contributed by atoms with van der Waals surface area (Å²) < 4.78 is 10.8. The molecule has 0 aromatic carbocycles. The van der Waals surface area contributed by atoms with Crippen molar-refractivity contribution in [1.29, 1.82) is 5.26 Å². The molecule has 2 fully saturated rings. The topological polar surface area (TPSA) is 42.2 Å². The fraction of sp³-hybridized carbons (Fsp3) is 0.889. The number of hydrogen-bond donors (Lipinski definition) is 0. The summed E-state index contributed by atoms with van der Waals surface area (Å²) in [6.07, 6.45) is 2.11. The van der Waals surface area contributed by atoms with Gasteiger partial charge in [0.2, 0.25) is 0 Å². The maximum atomic E-state index is 8.83. The molecule has 0 aliphatic carbocycles. The van der Waals surface area contributed by atoms with Gasteiger partial charge in [0.25, 0.3) is 0 Å². The first-order chi connectivity index (χ1) is 5.92. The molecule has 0 aromatic heterocycles. The summed E-state index contributed by atoms with van der Waals surface area (Å²) in [5, 5.41) is 8.83. The first-order valence-corrected chi connectivity index (χ1v) is 4.51. The maximum absolute atomic E-state index is 8.83. The van der Waals surface area contributed by atoms with Crippen LogP contribution in [0.15, 0.2) is 0 Å². The van der Waals surface area contributed by atoms with E-state index in [0.717, 1.165) is 32.7 Å². The van der Waals surface area contributed by atoms with E-state index in [0.29, 0.717) is 5.92 Å². The van der Waals surface area contributed by atoms with Crippen molar-refractivity contribution >= 4 is 0 Å². The Balaban J connectivity index is 1.97. The predicted octanol–water partition coefficient (Wildman–Crippen LogP) is 0.952. The SMILES string of the molecule is N#CC1CCOC1C1CCOC1. The maximum Gasteiger partial charge on any atom is 0.0784 e. The van der Waals surface area contributed by atoms with Crippen molar-refractivity contribution < 1.29 is 9.47 Å². The molecule has 12 heavy (non-hydrogen) atoms. The monoisotopic (exact) mass is 167 g/mol. The Morgan fingerprint density at radius 2 is 2.17 bits per heavy atom. The van der Waals surface area contributed by atoms with Crippen LogP contribution in [0.5, 0.6) is 0 Å². The molecule has 0 saturated carbocycles. The van der Waals surface area contributed by atoms with Crippen molar-refractivity contribution in [2.24, 2.45) is 11.8 Å². The molecule has 3 atom stereocenters. The Morgan fingerprint density at radius 1 is 1.25 bits per heavy atom. The number of hydrogen-bond acceptors (Lipinski definition) is 3. The van der Waals surface area contributed by atoms with Crippen LogP contribution in [0.3, 0.4) is 0 Å². The van der Waals surface area contributed by atoms with Crippen LogP contribution < -0.4 is 0 Å². The van der Waals surface area contributed by atoms with Gasteiger partial charge in [0.15, 0.2) is 0 Å². The minimum atomic E-state index is 0.108. The van der Waals surface area contributed by atoms with Crippen molar-refractivity contribution in [2.75, 3.05) is 19.8 Å². The van der Waals surface area contributed by atoms with E-state index in [4.69, 9.17) is 14.7 Å². The van der Waals surface area contributed by atoms with E-state index < -0.39 is 0 Å². The second-order valence-corrected chi connectivity index (χ2v) is 3.48. The average molecular weight is 167 g/mol. The van der Waals surface area contributed by atoms with Gasteiger partial charge in [-0.05, 0) is 12.8 Å². The van der Waals surface area contributed by atoms with E-state index in [1.807, 2.05) is 0 Å². The molecule has 0 N–H and O–H groups in total. The van der Waals surface area contributed by atoms with E-state index in [-0.39, 0.29) is 12.0 Å². The number of nitriles is 1. The van der Waals surface area contributed by atoms with Gasteiger partial charge in [-0.1, -0.05) is 0 Å². The van der Waals surface area contributed by atoms with Crippen molar-refractivity contribution in [1.82, 2.24) is 0 Å². The van der Waals surface area contributed by atoms with Gasteiger partial charge < -0.3 is 9.47 Å². The van der Waals surface area contributed by atoms with Crippen LogP contribution in [-0.2, 0) is 9.47 Å². The molecule has 2 heterocycles. The van der Waals surface area contributed by atoms with Gasteiger partial charge in [0, 0.05) is 19.1 Å². The van der Waals surface area contributed by atoms with Crippen LogP contribution in [-0.4, -0.2) is 25.9 Å². The minimum Gasteiger partial charge on any atom is -0.381 e. The van der Waals surface area contributed by atoms with Crippen LogP contribution in [0.1, 0.15) is 12.8 Å². The molecule has 2 rings (SSSR count). The zero-order valence-corrected chi connectivity index (χ0v) is 7.03. The lowest BCUT2D eigenvalue weighted by atomic mass is 9.91. The van der Waals surface area contributed by atoms with E-state index in [1.165, 1.54) is 0 Å². The van der Waals surface area contributed by atoms with Gasteiger partial charge in [-0.15, -0.1) is 0 Å². The van der Waals surface area contributed by atoms with Crippen molar-refractivity contribution in [2.45, 2.75) is 18.9 Å². The molecule has 0 radical (unpaired) electrons. The Hall–Kier alpha value is -0.590. The highest BCUT2D eigenvalue weighted by molar-refractivity contribution is 4.96. The molecule has 0 amide bonds. The smallest absolute Gasteiger partial charge is 0.0784 e. The Bertz CT molecular complexity index is 193. The first-order valence-electron chi connectivity index (χ1n) is 4.51. The summed E-state index contributed by atoms with van der Waals surface area (Å²) in [7, 11) is 0. The Kier molecular flexibility index (Phi) is 2.29. The van der Waals surface area contributed by atoms with E-state index in [9.17, 15) is 0 Å². The standard InChI is InChI=1S/C9H13NO2/c10-5-7-2-4-12-9(7)8-1-3-11-6-8/h7-9H,1-4,6H2. The van der Waals surface area contributed by atoms with E-state index in [1.54, 1.807) is 0 Å². The van der Waals surface area contributed by atoms with Crippen molar-refractivity contribution in [3.8, 4) is 6.07 Å². The highest BCUT2D eigenvalue weighted by Gasteiger charge is 2.36. The largest absolute Gasteiger partial charge is 0.381 e. The Labute approximate surface area is 72.3 Å². The van der Waals surface area contributed by atoms with Gasteiger partial charge in [0.05, 0.1) is 24.7 Å². The van der Waals surface area contributed by atoms with Gasteiger partial charge in [-0.2, -0.15) is 5.26 Å². The number of rotatable bonds is 1. The highest BCUT2D eigenvalue weighted by Crippen LogP contribution is 2.30. The van der Waals surface area contributed by atoms with Crippen LogP contribution in [0.2, 0.25) is 0 Å². The van der Waals surface area contributed by atoms with Gasteiger partial charge in [-0.3, -0.25) is 0 Å². The summed E-state index contributed by atoms with van der Waals surface area (Å²) >= 11 is 0. The predicted molar refractivity (Wildman–Crippen MR) is 42.4 cm³/mol. The molecule has 0 spiro atoms. The average Bonchev–Trinajstić information content (AvgIpc) is 2.74. The molecule has 3 nitrogen and oxygen atoms in total. The molecule has 2 aliphatic rings. The highest BCUT2D eigenvalue weighted by atomic mass is 16.5. The zero-order chi connectivity index (χ0) is 8.39. The molecule has 2 saturated heterocycles. The summed E-state index contributed by atoms with van der Waals surface area (Å²) in [6, 6.07) is 2.31. The fourth-order valence-electron chi connectivity index (χ4n) is 2.03. The molecule has 2 aliphatic heterocycles. The quantitative estimate of drug-likeness (QED) is 0.584. The van der Waals surface area contributed by atoms with Crippen LogP contribution in [0.4, 0.5) is 0 Å². The zero-order valence-electron chi connectivity index (χ0n) is 7.03. The summed E-state index contributed by atoms with van der Waals surface area (Å²) in [5.74, 6) is 0.578. The lowest BCUT2D eigenvalue weighted by Crippen LogP contribution is -2.25. The second kappa shape index (κ2) is 3.42. The number of ether oxygens (including phenoxy) is 2. The molecule has 3 unspecified atom stereocenters. The minimum absolute atomic E-state index is 0.108. The molecule has 0 bridgehead atoms. The third-order valence-electron chi connectivity index (χ3n) is 2.73. The first kappa shape index (κ1) is 8.03. The molecule has 3 heteroatoms. The third-order valence-corrected chi connectivity index (χ3v) is 2.73. The molecule has 0 aromatic rings. The van der Waals surface area contributed by atoms with Crippen LogP contribution in [0.25, 0.3) is 0 Å². The van der Waals surface area contributed by atoms with Gasteiger partial charge in [0.1, 0.15) is 0 Å². The fourth-order valence-corrected chi connectivity index (χ4v) is 2.03. The second-order valence-electron chi connectivity index (χ2n) is 3.48. The van der Waals surface area contributed by atoms with E-state index in [2.05, 4.69) is 6.07 Å². The van der Waals surface area contributed by atoms with Gasteiger partial charge in [-0.25, -0.2) is 0 Å². The molecular formula is C9H13NO2. The summed E-state index contributed by atoms with van der Waals surface area (Å²) in [5.41, 5.74) is 0. The van der Waals surface area contributed by atoms with Crippen LogP contribution >= 0.6 is 0 Å². The summed E-state index contributed by atoms with van der Waals surface area (Å²) in [6.45, 7) is 2.37. The molecule has 66 valence electrons. The number of nitrogens with zero attached hydrogens (tertiary/aromatic N) is 1. The van der Waals surface area contributed by atoms with Gasteiger partial charge >= 0.3 is 0 Å². The normalized spacial score (nSPS) is 41.4. The third kappa shape index (κ3) is 1.33. The van der Waals surface area contributed by atoms with E-state index >= 15 is 0 Å². The lowest BCUT2D eigenvalue weighted by molar-refractivity contribution is 0.0449. The lowest BCUT2D eigenvalue weighted by Gasteiger charge is -2.18. The molecular weight excluding hydrogens is 154 g/mol. The van der Waals surface area contributed by atoms with Crippen molar-refractivity contribution in [3.63, 3.8) is 0 Å². The van der Waals surface area contributed by atoms with Crippen LogP contribution in [0, 0.1) is 23.2 Å². The summed E-state index contributed by atoms with van der Waals surface area (Å²) in [4.78, 5) is 0. The Morgan fingerprint density at radius 3 is 2.83 bits per heavy atom. The van der Waals surface area contributed by atoms with Crippen molar-refractivity contribution in [3.05, 3.63) is 0 Å².